The Hall–Kier alpha value is -2.77. The van der Waals surface area contributed by atoms with Crippen LogP contribution >= 0.6 is 0 Å². The molecule has 1 heterocycles. The van der Waals surface area contributed by atoms with Crippen molar-refractivity contribution in [3.05, 3.63) is 71.9 Å². The molecule has 0 aliphatic heterocycles. The van der Waals surface area contributed by atoms with Gasteiger partial charge in [0.2, 0.25) is 5.91 Å². The van der Waals surface area contributed by atoms with E-state index in [4.69, 9.17) is 10.3 Å². The number of carbonyl (C=O) groups is 1. The van der Waals surface area contributed by atoms with E-state index in [-0.39, 0.29) is 4.90 Å². The Morgan fingerprint density at radius 2 is 1.67 bits per heavy atom. The molecule has 1 aromatic heterocycles. The molecular formula is C17H16N2O4S. The Labute approximate surface area is 139 Å². The van der Waals surface area contributed by atoms with Gasteiger partial charge in [-0.2, -0.15) is 8.42 Å². The topological polar surface area (TPSA) is 110 Å². The lowest BCUT2D eigenvalue weighted by Gasteiger charge is -2.00. The number of aromatic nitrogens is 1. The van der Waals surface area contributed by atoms with Crippen LogP contribution in [0.3, 0.4) is 0 Å². The monoisotopic (exact) mass is 344 g/mol. The van der Waals surface area contributed by atoms with Crippen molar-refractivity contribution in [2.24, 2.45) is 5.73 Å². The Bertz CT molecular complexity index is 962. The van der Waals surface area contributed by atoms with E-state index in [9.17, 15) is 13.2 Å². The first-order valence-electron chi connectivity index (χ1n) is 6.97. The molecule has 0 atom stereocenters. The number of pyridine rings is 1. The molecule has 0 saturated heterocycles. The summed E-state index contributed by atoms with van der Waals surface area (Å²) >= 11 is 0. The number of amides is 1. The van der Waals surface area contributed by atoms with Crippen molar-refractivity contribution in [1.82, 2.24) is 4.98 Å². The van der Waals surface area contributed by atoms with E-state index in [1.807, 2.05) is 31.2 Å². The molecule has 1 amide bonds. The van der Waals surface area contributed by atoms with E-state index >= 15 is 0 Å². The van der Waals surface area contributed by atoms with Crippen LogP contribution in [0.15, 0.2) is 65.7 Å². The van der Waals surface area contributed by atoms with Crippen molar-refractivity contribution in [3.63, 3.8) is 0 Å². The molecule has 0 radical (unpaired) electrons. The van der Waals surface area contributed by atoms with Gasteiger partial charge in [-0.1, -0.05) is 35.9 Å². The summed E-state index contributed by atoms with van der Waals surface area (Å²) in [5.74, 6) is -0.418. The molecule has 124 valence electrons. The van der Waals surface area contributed by atoms with Crippen molar-refractivity contribution < 1.29 is 17.8 Å². The minimum atomic E-state index is -4.02. The third-order valence-corrected chi connectivity index (χ3v) is 4.10. The van der Waals surface area contributed by atoms with E-state index in [1.54, 1.807) is 24.4 Å². The minimum absolute atomic E-state index is 0.0666. The fourth-order valence-electron chi connectivity index (χ4n) is 2.02. The van der Waals surface area contributed by atoms with Crippen LogP contribution in [0.1, 0.15) is 15.9 Å². The summed E-state index contributed by atoms with van der Waals surface area (Å²) < 4.78 is 29.6. The van der Waals surface area contributed by atoms with Crippen molar-refractivity contribution in [2.45, 2.75) is 11.8 Å². The van der Waals surface area contributed by atoms with Gasteiger partial charge in [0.15, 0.2) is 0 Å². The number of rotatable bonds is 2. The molecule has 0 unspecified atom stereocenters. The zero-order valence-corrected chi connectivity index (χ0v) is 13.7. The largest absolute Gasteiger partial charge is 0.366 e. The molecule has 7 heteroatoms. The van der Waals surface area contributed by atoms with Gasteiger partial charge in [-0.15, -0.1) is 0 Å². The lowest BCUT2D eigenvalue weighted by molar-refractivity contribution is 0.100. The van der Waals surface area contributed by atoms with E-state index in [0.29, 0.717) is 5.56 Å². The predicted octanol–water partition coefficient (Wildman–Crippen LogP) is 2.58. The molecule has 0 aliphatic rings. The van der Waals surface area contributed by atoms with Crippen LogP contribution in [0.4, 0.5) is 0 Å². The average Bonchev–Trinajstić information content (AvgIpc) is 2.54. The summed E-state index contributed by atoms with van der Waals surface area (Å²) in [5, 5.41) is 0.803. The van der Waals surface area contributed by atoms with Gasteiger partial charge in [-0.3, -0.25) is 14.3 Å². The lowest BCUT2D eigenvalue weighted by Crippen LogP contribution is -2.11. The second-order valence-corrected chi connectivity index (χ2v) is 6.45. The summed E-state index contributed by atoms with van der Waals surface area (Å²) in [6.07, 6.45) is 1.59. The maximum Gasteiger partial charge on any atom is 0.294 e. The molecule has 24 heavy (non-hydrogen) atoms. The predicted molar refractivity (Wildman–Crippen MR) is 91.3 cm³/mol. The van der Waals surface area contributed by atoms with Gasteiger partial charge < -0.3 is 5.73 Å². The number of para-hydroxylation sites is 1. The van der Waals surface area contributed by atoms with Gasteiger partial charge in [0.1, 0.15) is 0 Å². The van der Waals surface area contributed by atoms with Crippen LogP contribution in [-0.2, 0) is 10.1 Å². The number of primary amides is 1. The van der Waals surface area contributed by atoms with Crippen molar-refractivity contribution >= 4 is 26.9 Å². The molecule has 6 nitrogen and oxygen atoms in total. The average molecular weight is 344 g/mol. The summed E-state index contributed by atoms with van der Waals surface area (Å²) in [6.45, 7) is 1.84. The van der Waals surface area contributed by atoms with E-state index in [1.165, 1.54) is 12.1 Å². The van der Waals surface area contributed by atoms with Crippen molar-refractivity contribution in [3.8, 4) is 0 Å². The Morgan fingerprint density at radius 3 is 2.25 bits per heavy atom. The fourth-order valence-corrected chi connectivity index (χ4v) is 2.50. The number of nitrogens with two attached hydrogens (primary N) is 1. The highest BCUT2D eigenvalue weighted by molar-refractivity contribution is 7.85. The summed E-state index contributed by atoms with van der Waals surface area (Å²) in [6, 6.07) is 15.0. The maximum absolute atomic E-state index is 11.0. The van der Waals surface area contributed by atoms with Gasteiger partial charge in [-0.25, -0.2) is 0 Å². The van der Waals surface area contributed by atoms with Crippen LogP contribution in [-0.4, -0.2) is 23.9 Å². The van der Waals surface area contributed by atoms with E-state index in [0.717, 1.165) is 16.5 Å². The standard InChI is InChI=1S/C10H8N2O.C7H8O3S/c11-10(13)8-5-6-12-9-4-2-1-3-7(8)9;1-6-2-4-7(5-3-6)11(8,9)10/h1-6H,(H2,11,13);2-5H,1H3,(H,8,9,10). The molecule has 3 rings (SSSR count). The molecule has 0 fully saturated rings. The molecule has 3 aromatic rings. The van der Waals surface area contributed by atoms with Crippen LogP contribution in [0.25, 0.3) is 10.9 Å². The fraction of sp³-hybridized carbons (Fsp3) is 0.0588. The quantitative estimate of drug-likeness (QED) is 0.694. The summed E-state index contributed by atoms with van der Waals surface area (Å²) in [4.78, 5) is 15.1. The second kappa shape index (κ2) is 7.20. The first-order chi connectivity index (χ1) is 11.3. The second-order valence-electron chi connectivity index (χ2n) is 5.03. The zero-order chi connectivity index (χ0) is 17.7. The molecule has 0 bridgehead atoms. The lowest BCUT2D eigenvalue weighted by atomic mass is 10.1. The number of carbonyl (C=O) groups excluding carboxylic acids is 1. The van der Waals surface area contributed by atoms with E-state index in [2.05, 4.69) is 4.98 Å². The number of hydrogen-bond acceptors (Lipinski definition) is 4. The third kappa shape index (κ3) is 4.37. The molecule has 3 N–H and O–H groups in total. The molecule has 0 aliphatic carbocycles. The highest BCUT2D eigenvalue weighted by atomic mass is 32.2. The SMILES string of the molecule is Cc1ccc(S(=O)(=O)O)cc1.NC(=O)c1ccnc2ccccc12. The van der Waals surface area contributed by atoms with Crippen LogP contribution in [0.5, 0.6) is 0 Å². The Kier molecular flexibility index (Phi) is 5.28. The highest BCUT2D eigenvalue weighted by Crippen LogP contribution is 2.15. The summed E-state index contributed by atoms with van der Waals surface area (Å²) in [7, 11) is -4.02. The number of nitrogens with zero attached hydrogens (tertiary/aromatic N) is 1. The smallest absolute Gasteiger partial charge is 0.294 e. The first-order valence-corrected chi connectivity index (χ1v) is 8.41. The van der Waals surface area contributed by atoms with Gasteiger partial charge in [-0.05, 0) is 31.2 Å². The van der Waals surface area contributed by atoms with Gasteiger partial charge in [0, 0.05) is 11.6 Å². The van der Waals surface area contributed by atoms with Crippen LogP contribution in [0, 0.1) is 6.92 Å². The van der Waals surface area contributed by atoms with Crippen LogP contribution in [0.2, 0.25) is 0 Å². The van der Waals surface area contributed by atoms with Gasteiger partial charge >= 0.3 is 0 Å². The number of benzene rings is 2. The zero-order valence-electron chi connectivity index (χ0n) is 12.9. The van der Waals surface area contributed by atoms with Crippen LogP contribution < -0.4 is 5.73 Å². The maximum atomic E-state index is 11.0. The molecule has 2 aromatic carbocycles. The minimum Gasteiger partial charge on any atom is -0.366 e. The number of fused-ring (bicyclic) bond motifs is 1. The molecule has 0 spiro atoms. The number of aryl methyl sites for hydroxylation is 1. The Morgan fingerprint density at radius 1 is 1.04 bits per heavy atom. The van der Waals surface area contributed by atoms with Crippen molar-refractivity contribution in [2.75, 3.05) is 0 Å². The number of hydrogen-bond donors (Lipinski definition) is 2. The van der Waals surface area contributed by atoms with Gasteiger partial charge in [0.05, 0.1) is 16.0 Å². The Balaban J connectivity index is 0.000000177. The molecule has 0 saturated carbocycles. The highest BCUT2D eigenvalue weighted by Gasteiger charge is 2.07. The third-order valence-electron chi connectivity index (χ3n) is 3.23. The normalized spacial score (nSPS) is 10.8. The molecular weight excluding hydrogens is 328 g/mol. The van der Waals surface area contributed by atoms with Crippen molar-refractivity contribution in [1.29, 1.82) is 0 Å². The first kappa shape index (κ1) is 17.6. The summed E-state index contributed by atoms with van der Waals surface area (Å²) in [5.41, 5.74) is 7.48. The van der Waals surface area contributed by atoms with E-state index < -0.39 is 16.0 Å². The van der Waals surface area contributed by atoms with Gasteiger partial charge in [0.25, 0.3) is 10.1 Å².